The van der Waals surface area contributed by atoms with Gasteiger partial charge in [0.1, 0.15) is 11.5 Å². The Labute approximate surface area is 178 Å². The largest absolute Gasteiger partial charge is 0.497 e. The number of hydrogen-bond donors (Lipinski definition) is 1. The van der Waals surface area contributed by atoms with Crippen molar-refractivity contribution in [2.45, 2.75) is 19.5 Å². The molecular formula is C26H28N2O2. The summed E-state index contributed by atoms with van der Waals surface area (Å²) in [5.41, 5.74) is 5.92. The fraction of sp³-hybridized carbons (Fsp3) is 0.231. The number of hydrogen-bond acceptors (Lipinski definition) is 3. The second-order valence-electron chi connectivity index (χ2n) is 7.61. The summed E-state index contributed by atoms with van der Waals surface area (Å²) >= 11 is 0. The van der Waals surface area contributed by atoms with Crippen molar-refractivity contribution in [1.29, 1.82) is 0 Å². The molecule has 1 N–H and O–H groups in total. The lowest BCUT2D eigenvalue weighted by molar-refractivity contribution is 0.413. The summed E-state index contributed by atoms with van der Waals surface area (Å²) < 4.78 is 13.1. The van der Waals surface area contributed by atoms with Gasteiger partial charge in [-0.2, -0.15) is 0 Å². The maximum atomic E-state index is 5.65. The van der Waals surface area contributed by atoms with E-state index < -0.39 is 0 Å². The maximum absolute atomic E-state index is 5.65. The van der Waals surface area contributed by atoms with E-state index in [4.69, 9.17) is 9.47 Å². The summed E-state index contributed by atoms with van der Waals surface area (Å²) in [6, 6.07) is 23.5. The SMILES string of the molecule is COc1cccc([C@@H](C)NCc2ccc(OC)c(-c3ccc4c(ccn4C)c3)c2)c1. The van der Waals surface area contributed by atoms with Crippen molar-refractivity contribution < 1.29 is 9.47 Å². The highest BCUT2D eigenvalue weighted by molar-refractivity contribution is 5.87. The molecule has 4 nitrogen and oxygen atoms in total. The molecule has 0 fully saturated rings. The number of aryl methyl sites for hydroxylation is 1. The molecule has 0 radical (unpaired) electrons. The van der Waals surface area contributed by atoms with E-state index in [0.29, 0.717) is 0 Å². The minimum Gasteiger partial charge on any atom is -0.497 e. The smallest absolute Gasteiger partial charge is 0.126 e. The van der Waals surface area contributed by atoms with Crippen LogP contribution in [0.15, 0.2) is 72.9 Å². The molecule has 1 heterocycles. The average molecular weight is 401 g/mol. The molecule has 4 aromatic rings. The van der Waals surface area contributed by atoms with Gasteiger partial charge in [0, 0.05) is 42.3 Å². The Bertz CT molecular complexity index is 1160. The quantitative estimate of drug-likeness (QED) is 0.431. The molecule has 0 unspecified atom stereocenters. The first-order chi connectivity index (χ1) is 14.6. The highest BCUT2D eigenvalue weighted by atomic mass is 16.5. The highest BCUT2D eigenvalue weighted by Crippen LogP contribution is 2.33. The Morgan fingerprint density at radius 3 is 2.60 bits per heavy atom. The van der Waals surface area contributed by atoms with Gasteiger partial charge >= 0.3 is 0 Å². The second-order valence-corrected chi connectivity index (χ2v) is 7.61. The predicted molar refractivity (Wildman–Crippen MR) is 123 cm³/mol. The van der Waals surface area contributed by atoms with Crippen molar-refractivity contribution >= 4 is 10.9 Å². The van der Waals surface area contributed by atoms with Gasteiger partial charge in [0.05, 0.1) is 14.2 Å². The zero-order chi connectivity index (χ0) is 21.1. The summed E-state index contributed by atoms with van der Waals surface area (Å²) in [7, 11) is 5.49. The predicted octanol–water partition coefficient (Wildman–Crippen LogP) is 5.71. The van der Waals surface area contributed by atoms with E-state index in [1.165, 1.54) is 22.0 Å². The molecule has 0 aliphatic rings. The van der Waals surface area contributed by atoms with E-state index in [0.717, 1.165) is 29.2 Å². The van der Waals surface area contributed by atoms with Gasteiger partial charge in [-0.15, -0.1) is 0 Å². The lowest BCUT2D eigenvalue weighted by Gasteiger charge is -2.17. The third-order valence-corrected chi connectivity index (χ3v) is 5.67. The Hall–Kier alpha value is -3.24. The molecule has 4 rings (SSSR count). The molecule has 0 aliphatic carbocycles. The molecule has 1 atom stereocenters. The standard InChI is InChI=1S/C26H28N2O2/c1-18(20-6-5-7-23(16-20)29-3)27-17-19-8-11-26(30-4)24(14-19)21-9-10-25-22(15-21)12-13-28(25)2/h5-16,18,27H,17H2,1-4H3/t18-/m1/s1. The monoisotopic (exact) mass is 400 g/mol. The van der Waals surface area contributed by atoms with E-state index in [-0.39, 0.29) is 6.04 Å². The van der Waals surface area contributed by atoms with Gasteiger partial charge in [-0.05, 0) is 66.1 Å². The third kappa shape index (κ3) is 4.05. The molecular weight excluding hydrogens is 372 g/mol. The van der Waals surface area contributed by atoms with E-state index in [2.05, 4.69) is 84.6 Å². The Kier molecular flexibility index (Phi) is 5.77. The van der Waals surface area contributed by atoms with Crippen molar-refractivity contribution in [3.8, 4) is 22.6 Å². The highest BCUT2D eigenvalue weighted by Gasteiger charge is 2.11. The lowest BCUT2D eigenvalue weighted by atomic mass is 10.00. The molecule has 0 amide bonds. The zero-order valence-corrected chi connectivity index (χ0v) is 18.0. The van der Waals surface area contributed by atoms with Crippen LogP contribution in [0.2, 0.25) is 0 Å². The van der Waals surface area contributed by atoms with Crippen LogP contribution in [-0.4, -0.2) is 18.8 Å². The molecule has 4 heteroatoms. The molecule has 154 valence electrons. The van der Waals surface area contributed by atoms with Crippen LogP contribution in [-0.2, 0) is 13.6 Å². The van der Waals surface area contributed by atoms with Crippen LogP contribution in [0.25, 0.3) is 22.0 Å². The van der Waals surface area contributed by atoms with Gasteiger partial charge in [0.25, 0.3) is 0 Å². The molecule has 0 spiro atoms. The number of rotatable bonds is 7. The van der Waals surface area contributed by atoms with E-state index in [1.807, 2.05) is 12.1 Å². The van der Waals surface area contributed by atoms with Crippen molar-refractivity contribution in [3.63, 3.8) is 0 Å². The van der Waals surface area contributed by atoms with Crippen LogP contribution >= 0.6 is 0 Å². The summed E-state index contributed by atoms with van der Waals surface area (Å²) in [4.78, 5) is 0. The van der Waals surface area contributed by atoms with Crippen molar-refractivity contribution in [3.05, 3.63) is 84.1 Å². The van der Waals surface area contributed by atoms with E-state index in [1.54, 1.807) is 14.2 Å². The maximum Gasteiger partial charge on any atom is 0.126 e. The Morgan fingerprint density at radius 2 is 1.80 bits per heavy atom. The van der Waals surface area contributed by atoms with Crippen LogP contribution in [0, 0.1) is 0 Å². The normalized spacial score (nSPS) is 12.1. The minimum atomic E-state index is 0.214. The van der Waals surface area contributed by atoms with Crippen molar-refractivity contribution in [2.75, 3.05) is 14.2 Å². The first-order valence-electron chi connectivity index (χ1n) is 10.2. The van der Waals surface area contributed by atoms with Crippen LogP contribution in [0.3, 0.4) is 0 Å². The van der Waals surface area contributed by atoms with Gasteiger partial charge in [-0.3, -0.25) is 0 Å². The lowest BCUT2D eigenvalue weighted by Crippen LogP contribution is -2.18. The van der Waals surface area contributed by atoms with Gasteiger partial charge in [0.15, 0.2) is 0 Å². The van der Waals surface area contributed by atoms with Crippen LogP contribution in [0.5, 0.6) is 11.5 Å². The van der Waals surface area contributed by atoms with E-state index in [9.17, 15) is 0 Å². The van der Waals surface area contributed by atoms with Gasteiger partial charge < -0.3 is 19.4 Å². The number of benzene rings is 3. The zero-order valence-electron chi connectivity index (χ0n) is 18.0. The third-order valence-electron chi connectivity index (χ3n) is 5.67. The van der Waals surface area contributed by atoms with Crippen LogP contribution < -0.4 is 14.8 Å². The summed E-state index contributed by atoms with van der Waals surface area (Å²) in [6.45, 7) is 2.94. The summed E-state index contributed by atoms with van der Waals surface area (Å²) in [6.07, 6.45) is 2.09. The molecule has 0 bridgehead atoms. The number of fused-ring (bicyclic) bond motifs is 1. The van der Waals surface area contributed by atoms with Gasteiger partial charge in [-0.25, -0.2) is 0 Å². The number of aromatic nitrogens is 1. The number of nitrogens with zero attached hydrogens (tertiary/aromatic N) is 1. The Balaban J connectivity index is 1.57. The number of ether oxygens (including phenoxy) is 2. The number of methoxy groups -OCH3 is 2. The number of nitrogens with one attached hydrogen (secondary N) is 1. The fourth-order valence-electron chi connectivity index (χ4n) is 3.84. The van der Waals surface area contributed by atoms with Crippen LogP contribution in [0.4, 0.5) is 0 Å². The molecule has 0 saturated carbocycles. The van der Waals surface area contributed by atoms with Crippen molar-refractivity contribution in [1.82, 2.24) is 9.88 Å². The first kappa shape index (κ1) is 20.0. The molecule has 0 aliphatic heterocycles. The minimum absolute atomic E-state index is 0.214. The first-order valence-corrected chi connectivity index (χ1v) is 10.2. The van der Waals surface area contributed by atoms with E-state index >= 15 is 0 Å². The summed E-state index contributed by atoms with van der Waals surface area (Å²) in [5, 5.41) is 4.84. The summed E-state index contributed by atoms with van der Waals surface area (Å²) in [5.74, 6) is 1.76. The average Bonchev–Trinajstić information content (AvgIpc) is 3.17. The Morgan fingerprint density at radius 1 is 0.933 bits per heavy atom. The topological polar surface area (TPSA) is 35.4 Å². The molecule has 3 aromatic carbocycles. The van der Waals surface area contributed by atoms with Crippen LogP contribution in [0.1, 0.15) is 24.1 Å². The van der Waals surface area contributed by atoms with Crippen molar-refractivity contribution in [2.24, 2.45) is 7.05 Å². The fourth-order valence-corrected chi connectivity index (χ4v) is 3.84. The second kappa shape index (κ2) is 8.64. The van der Waals surface area contributed by atoms with Gasteiger partial charge in [-0.1, -0.05) is 24.3 Å². The molecule has 30 heavy (non-hydrogen) atoms. The van der Waals surface area contributed by atoms with Gasteiger partial charge in [0.2, 0.25) is 0 Å². The molecule has 1 aromatic heterocycles. The molecule has 0 saturated heterocycles.